The highest BCUT2D eigenvalue weighted by Gasteiger charge is 2.09. The number of rotatable bonds is 2. The lowest BCUT2D eigenvalue weighted by Crippen LogP contribution is -2.08. The number of benzene rings is 2. The van der Waals surface area contributed by atoms with E-state index in [0.29, 0.717) is 16.3 Å². The molecule has 0 aliphatic heterocycles. The van der Waals surface area contributed by atoms with E-state index in [1.807, 2.05) is 6.07 Å². The number of hydrogen-bond acceptors (Lipinski definition) is 4. The number of aromatic nitrogens is 2. The molecule has 3 aromatic rings. The quantitative estimate of drug-likeness (QED) is 0.534. The highest BCUT2D eigenvalue weighted by atomic mass is 35.5. The molecule has 0 unspecified atom stereocenters. The predicted octanol–water partition coefficient (Wildman–Crippen LogP) is 3.50. The molecule has 1 aromatic heterocycles. The molecule has 2 aromatic carbocycles. The number of ether oxygens (including phenoxy) is 1. The summed E-state index contributed by atoms with van der Waals surface area (Å²) in [5.74, 6) is 0.0263. The molecule has 0 N–H and O–H groups in total. The van der Waals surface area contributed by atoms with Crippen molar-refractivity contribution in [2.75, 3.05) is 0 Å². The average molecular weight is 285 g/mol. The molecule has 0 radical (unpaired) electrons. The molecule has 0 aliphatic carbocycles. The van der Waals surface area contributed by atoms with Crippen molar-refractivity contribution in [3.8, 4) is 5.75 Å². The van der Waals surface area contributed by atoms with Gasteiger partial charge in [-0.1, -0.05) is 17.7 Å². The van der Waals surface area contributed by atoms with E-state index >= 15 is 0 Å². The zero-order chi connectivity index (χ0) is 13.9. The number of hydrogen-bond donors (Lipinski definition) is 0. The third kappa shape index (κ3) is 2.60. The molecular weight excluding hydrogens is 276 g/mol. The van der Waals surface area contributed by atoms with E-state index in [1.54, 1.807) is 48.8 Å². The highest BCUT2D eigenvalue weighted by molar-refractivity contribution is 6.30. The van der Waals surface area contributed by atoms with E-state index in [0.717, 1.165) is 10.8 Å². The Balaban J connectivity index is 1.86. The summed E-state index contributed by atoms with van der Waals surface area (Å²) in [6, 6.07) is 11.9. The van der Waals surface area contributed by atoms with Crippen LogP contribution in [0.5, 0.6) is 5.75 Å². The zero-order valence-corrected chi connectivity index (χ0v) is 11.0. The maximum Gasteiger partial charge on any atom is 0.343 e. The van der Waals surface area contributed by atoms with Gasteiger partial charge >= 0.3 is 5.97 Å². The molecule has 3 rings (SSSR count). The molecule has 20 heavy (non-hydrogen) atoms. The summed E-state index contributed by atoms with van der Waals surface area (Å²) in [5, 5.41) is 9.92. The largest absolute Gasteiger partial charge is 0.423 e. The minimum absolute atomic E-state index is 0.425. The molecule has 0 spiro atoms. The number of nitrogens with zero attached hydrogens (tertiary/aromatic N) is 2. The Morgan fingerprint density at radius 3 is 2.40 bits per heavy atom. The smallest absolute Gasteiger partial charge is 0.343 e. The fourth-order valence-electron chi connectivity index (χ4n) is 1.79. The van der Waals surface area contributed by atoms with Crippen LogP contribution in [-0.4, -0.2) is 16.2 Å². The topological polar surface area (TPSA) is 52.1 Å². The number of carbonyl (C=O) groups excluding carboxylic acids is 1. The Morgan fingerprint density at radius 1 is 0.950 bits per heavy atom. The van der Waals surface area contributed by atoms with Gasteiger partial charge in [0.25, 0.3) is 0 Å². The van der Waals surface area contributed by atoms with E-state index in [9.17, 15) is 4.79 Å². The van der Waals surface area contributed by atoms with Crippen molar-refractivity contribution in [3.63, 3.8) is 0 Å². The van der Waals surface area contributed by atoms with Gasteiger partial charge in [-0.05, 0) is 36.4 Å². The van der Waals surface area contributed by atoms with Gasteiger partial charge in [-0.25, -0.2) is 4.79 Å². The van der Waals surface area contributed by atoms with Crippen LogP contribution in [0.1, 0.15) is 10.4 Å². The van der Waals surface area contributed by atoms with Gasteiger partial charge in [0.15, 0.2) is 0 Å². The minimum atomic E-state index is -0.425. The van der Waals surface area contributed by atoms with E-state index in [2.05, 4.69) is 10.2 Å². The van der Waals surface area contributed by atoms with Gasteiger partial charge in [0.2, 0.25) is 0 Å². The normalized spacial score (nSPS) is 10.4. The molecular formula is C15H9ClN2O2. The summed E-state index contributed by atoms with van der Waals surface area (Å²) in [4.78, 5) is 12.1. The molecule has 0 saturated heterocycles. The Morgan fingerprint density at radius 2 is 1.65 bits per heavy atom. The first kappa shape index (κ1) is 12.6. The van der Waals surface area contributed by atoms with E-state index in [1.165, 1.54) is 0 Å². The maximum atomic E-state index is 12.1. The summed E-state index contributed by atoms with van der Waals surface area (Å²) in [6.45, 7) is 0. The lowest BCUT2D eigenvalue weighted by Gasteiger charge is -2.05. The fourth-order valence-corrected chi connectivity index (χ4v) is 1.92. The van der Waals surface area contributed by atoms with Crippen LogP contribution in [-0.2, 0) is 0 Å². The number of esters is 1. The van der Waals surface area contributed by atoms with Crippen LogP contribution in [0.2, 0.25) is 5.02 Å². The second-order valence-corrected chi connectivity index (χ2v) is 4.61. The van der Waals surface area contributed by atoms with Crippen molar-refractivity contribution in [2.45, 2.75) is 0 Å². The van der Waals surface area contributed by atoms with Crippen LogP contribution in [0.15, 0.2) is 54.9 Å². The Labute approximate surface area is 120 Å². The van der Waals surface area contributed by atoms with Crippen LogP contribution in [0, 0.1) is 0 Å². The van der Waals surface area contributed by atoms with Crippen molar-refractivity contribution >= 4 is 28.3 Å². The van der Waals surface area contributed by atoms with Gasteiger partial charge in [-0.3, -0.25) is 0 Å². The fraction of sp³-hybridized carbons (Fsp3) is 0. The first-order valence-corrected chi connectivity index (χ1v) is 6.28. The lowest BCUT2D eigenvalue weighted by molar-refractivity contribution is 0.0735. The SMILES string of the molecule is O=C(Oc1ccc(Cl)cc1)c1ccc2cnncc2c1. The summed E-state index contributed by atoms with van der Waals surface area (Å²) in [7, 11) is 0. The van der Waals surface area contributed by atoms with Gasteiger partial charge < -0.3 is 4.74 Å². The number of fused-ring (bicyclic) bond motifs is 1. The summed E-state index contributed by atoms with van der Waals surface area (Å²) < 4.78 is 5.27. The van der Waals surface area contributed by atoms with Gasteiger partial charge in [0.05, 0.1) is 18.0 Å². The third-order valence-electron chi connectivity index (χ3n) is 2.81. The van der Waals surface area contributed by atoms with Crippen LogP contribution >= 0.6 is 11.6 Å². The van der Waals surface area contributed by atoms with Gasteiger partial charge in [0.1, 0.15) is 5.75 Å². The average Bonchev–Trinajstić information content (AvgIpc) is 2.49. The first-order chi connectivity index (χ1) is 9.72. The van der Waals surface area contributed by atoms with Crippen LogP contribution in [0.4, 0.5) is 0 Å². The zero-order valence-electron chi connectivity index (χ0n) is 10.3. The number of carbonyl (C=O) groups is 1. The highest BCUT2D eigenvalue weighted by Crippen LogP contribution is 2.18. The molecule has 0 aliphatic rings. The molecule has 98 valence electrons. The van der Waals surface area contributed by atoms with Gasteiger partial charge in [-0.2, -0.15) is 10.2 Å². The standard InChI is InChI=1S/C15H9ClN2O2/c16-13-3-5-14(6-4-13)20-15(19)10-1-2-11-8-17-18-9-12(11)7-10/h1-9H. The second kappa shape index (κ2) is 5.27. The molecule has 0 saturated carbocycles. The predicted molar refractivity (Wildman–Crippen MR) is 75.9 cm³/mol. The molecule has 0 amide bonds. The van der Waals surface area contributed by atoms with Gasteiger partial charge in [-0.15, -0.1) is 0 Å². The minimum Gasteiger partial charge on any atom is -0.423 e. The van der Waals surface area contributed by atoms with Crippen molar-refractivity contribution in [1.29, 1.82) is 0 Å². The third-order valence-corrected chi connectivity index (χ3v) is 3.06. The molecule has 4 nitrogen and oxygen atoms in total. The van der Waals surface area contributed by atoms with Crippen molar-refractivity contribution in [1.82, 2.24) is 10.2 Å². The molecule has 0 fully saturated rings. The molecule has 5 heteroatoms. The van der Waals surface area contributed by atoms with E-state index in [-0.39, 0.29) is 0 Å². The lowest BCUT2D eigenvalue weighted by atomic mass is 10.1. The first-order valence-electron chi connectivity index (χ1n) is 5.90. The Bertz CT molecular complexity index is 772. The monoisotopic (exact) mass is 284 g/mol. The Kier molecular flexibility index (Phi) is 3.31. The van der Waals surface area contributed by atoms with Crippen molar-refractivity contribution < 1.29 is 9.53 Å². The molecule has 0 atom stereocenters. The van der Waals surface area contributed by atoms with Crippen molar-refractivity contribution in [3.05, 3.63) is 65.4 Å². The van der Waals surface area contributed by atoms with Crippen LogP contribution < -0.4 is 4.74 Å². The summed E-state index contributed by atoms with van der Waals surface area (Å²) >= 11 is 5.78. The summed E-state index contributed by atoms with van der Waals surface area (Å²) in [6.07, 6.45) is 3.25. The molecule has 1 heterocycles. The van der Waals surface area contributed by atoms with E-state index < -0.39 is 5.97 Å². The maximum absolute atomic E-state index is 12.1. The van der Waals surface area contributed by atoms with Crippen LogP contribution in [0.25, 0.3) is 10.8 Å². The second-order valence-electron chi connectivity index (χ2n) is 4.18. The van der Waals surface area contributed by atoms with E-state index in [4.69, 9.17) is 16.3 Å². The Hall–Kier alpha value is -2.46. The van der Waals surface area contributed by atoms with Gasteiger partial charge in [0, 0.05) is 15.8 Å². The summed E-state index contributed by atoms with van der Waals surface area (Å²) in [5.41, 5.74) is 0.459. The number of halogens is 1. The van der Waals surface area contributed by atoms with Crippen molar-refractivity contribution in [2.24, 2.45) is 0 Å². The van der Waals surface area contributed by atoms with Crippen LogP contribution in [0.3, 0.4) is 0 Å². The molecule has 0 bridgehead atoms.